The minimum Gasteiger partial charge on any atom is -0.756 e. The van der Waals surface area contributed by atoms with Gasteiger partial charge in [-0.3, -0.25) is 18.9 Å². The first-order valence-electron chi connectivity index (χ1n) is 23.9. The van der Waals surface area contributed by atoms with Crippen molar-refractivity contribution in [2.24, 2.45) is 0 Å². The summed E-state index contributed by atoms with van der Waals surface area (Å²) in [6.07, 6.45) is 46.6. The molecule has 0 aromatic heterocycles. The van der Waals surface area contributed by atoms with E-state index in [1.807, 2.05) is 45.4 Å². The SMILES string of the molecule is CCCCCCCC/C=C\CCCCCCCCCCCC(=O)O[C@H](COC(=O)CCC/C=C\C/C=C\C/C=C\C=C\C(=O)CCCCC)COP(=O)([O-])OCC[N+](C)(C)C. The predicted octanol–water partition coefficient (Wildman–Crippen LogP) is 12.6. The highest BCUT2D eigenvalue weighted by molar-refractivity contribution is 7.45. The zero-order valence-electron chi connectivity index (χ0n) is 39.3. The van der Waals surface area contributed by atoms with Crippen molar-refractivity contribution in [3.63, 3.8) is 0 Å². The van der Waals surface area contributed by atoms with Crippen LogP contribution in [0.4, 0.5) is 0 Å². The smallest absolute Gasteiger partial charge is 0.306 e. The molecule has 10 nitrogen and oxygen atoms in total. The summed E-state index contributed by atoms with van der Waals surface area (Å²) in [6, 6.07) is 0. The van der Waals surface area contributed by atoms with Crippen LogP contribution in [0.3, 0.4) is 0 Å². The molecule has 0 aliphatic rings. The monoisotopic (exact) mass is 878 g/mol. The van der Waals surface area contributed by atoms with Crippen molar-refractivity contribution < 1.29 is 46.8 Å². The Bertz CT molecular complexity index is 1280. The number of unbranched alkanes of at least 4 members (excludes halogenated alkanes) is 18. The Hall–Kier alpha value is -2.62. The van der Waals surface area contributed by atoms with Gasteiger partial charge in [0.1, 0.15) is 19.8 Å². The number of esters is 2. The van der Waals surface area contributed by atoms with Gasteiger partial charge in [0, 0.05) is 19.3 Å². The molecule has 0 amide bonds. The van der Waals surface area contributed by atoms with Gasteiger partial charge in [-0.2, -0.15) is 0 Å². The van der Waals surface area contributed by atoms with Gasteiger partial charge >= 0.3 is 11.9 Å². The number of nitrogens with zero attached hydrogens (tertiary/aromatic N) is 1. The zero-order chi connectivity index (χ0) is 45.1. The Morgan fingerprint density at radius 2 is 1.05 bits per heavy atom. The zero-order valence-corrected chi connectivity index (χ0v) is 40.2. The largest absolute Gasteiger partial charge is 0.756 e. The lowest BCUT2D eigenvalue weighted by molar-refractivity contribution is -0.870. The van der Waals surface area contributed by atoms with E-state index in [9.17, 15) is 23.8 Å². The minimum atomic E-state index is -4.66. The van der Waals surface area contributed by atoms with Gasteiger partial charge in [0.2, 0.25) is 0 Å². The summed E-state index contributed by atoms with van der Waals surface area (Å²) < 4.78 is 33.9. The van der Waals surface area contributed by atoms with Crippen molar-refractivity contribution >= 4 is 25.5 Å². The van der Waals surface area contributed by atoms with Crippen LogP contribution >= 0.6 is 7.82 Å². The summed E-state index contributed by atoms with van der Waals surface area (Å²) in [5, 5.41) is 0. The van der Waals surface area contributed by atoms with Crippen molar-refractivity contribution in [1.82, 2.24) is 0 Å². The minimum absolute atomic E-state index is 0.0516. The molecule has 0 heterocycles. The molecular weight excluding hydrogens is 790 g/mol. The molecule has 0 bridgehead atoms. The Morgan fingerprint density at radius 1 is 0.557 bits per heavy atom. The molecule has 1 unspecified atom stereocenters. The first-order valence-corrected chi connectivity index (χ1v) is 25.4. The first kappa shape index (κ1) is 58.4. The van der Waals surface area contributed by atoms with E-state index in [1.54, 1.807) is 12.2 Å². The molecule has 0 aliphatic heterocycles. The molecule has 0 rings (SSSR count). The van der Waals surface area contributed by atoms with Crippen LogP contribution in [0.15, 0.2) is 60.8 Å². The van der Waals surface area contributed by atoms with E-state index in [-0.39, 0.29) is 31.8 Å². The van der Waals surface area contributed by atoms with Gasteiger partial charge in [0.05, 0.1) is 27.7 Å². The number of rotatable bonds is 43. The molecule has 0 aromatic rings. The fourth-order valence-electron chi connectivity index (χ4n) is 6.18. The normalized spacial score (nSPS) is 13.9. The van der Waals surface area contributed by atoms with E-state index in [0.29, 0.717) is 36.7 Å². The number of carbonyl (C=O) groups is 3. The van der Waals surface area contributed by atoms with Crippen molar-refractivity contribution in [3.05, 3.63) is 60.8 Å². The van der Waals surface area contributed by atoms with Gasteiger partial charge < -0.3 is 27.9 Å². The molecule has 0 N–H and O–H groups in total. The van der Waals surface area contributed by atoms with Gasteiger partial charge in [0.15, 0.2) is 11.9 Å². The molecule has 0 aromatic carbocycles. The Balaban J connectivity index is 4.43. The second-order valence-corrected chi connectivity index (χ2v) is 18.6. The summed E-state index contributed by atoms with van der Waals surface area (Å²) in [5.74, 6) is -0.769. The summed E-state index contributed by atoms with van der Waals surface area (Å²) >= 11 is 0. The van der Waals surface area contributed by atoms with Crippen LogP contribution in [-0.4, -0.2) is 75.8 Å². The number of likely N-dealkylation sites (N-methyl/N-ethyl adjacent to an activating group) is 1. The molecular formula is C50H88NO9P. The van der Waals surface area contributed by atoms with Crippen LogP contribution in [0, 0.1) is 0 Å². The van der Waals surface area contributed by atoms with Gasteiger partial charge in [-0.05, 0) is 70.3 Å². The number of ether oxygens (including phenoxy) is 2. The molecule has 0 fully saturated rings. The number of carbonyl (C=O) groups excluding carboxylic acids is 3. The van der Waals surface area contributed by atoms with E-state index in [0.717, 1.165) is 51.4 Å². The average molecular weight is 878 g/mol. The van der Waals surface area contributed by atoms with Gasteiger partial charge in [-0.1, -0.05) is 158 Å². The van der Waals surface area contributed by atoms with E-state index < -0.39 is 32.5 Å². The first-order chi connectivity index (χ1) is 29.4. The van der Waals surface area contributed by atoms with Crippen LogP contribution < -0.4 is 4.89 Å². The van der Waals surface area contributed by atoms with E-state index >= 15 is 0 Å². The standard InChI is InChI=1S/C50H88NO9P/c1-6-8-10-11-12-13-14-15-16-17-18-19-20-21-24-28-31-34-38-42-50(54)60-48(46-59-61(55,56)58-44-43-51(3,4)5)45-57-49(53)41-37-33-30-27-25-22-23-26-29-32-36-40-47(52)39-35-9-7-2/h15-16,22-23,27,29-30,32,36,40,48H,6-14,17-21,24-26,28,31,33-35,37-39,41-46H2,1-5H3/b16-15-,23-22-,30-27-,32-29-,40-36+/t48-/m1/s1. The summed E-state index contributed by atoms with van der Waals surface area (Å²) in [7, 11) is 1.10. The third-order valence-electron chi connectivity index (χ3n) is 9.99. The maximum absolute atomic E-state index is 12.7. The number of hydrogen-bond acceptors (Lipinski definition) is 9. The quantitative estimate of drug-likeness (QED) is 0.0112. The maximum Gasteiger partial charge on any atom is 0.306 e. The van der Waals surface area contributed by atoms with Gasteiger partial charge in [0.25, 0.3) is 7.82 Å². The molecule has 0 spiro atoms. The molecule has 61 heavy (non-hydrogen) atoms. The summed E-state index contributed by atoms with van der Waals surface area (Å²) in [5.41, 5.74) is 0. The predicted molar refractivity (Wildman–Crippen MR) is 250 cm³/mol. The lowest BCUT2D eigenvalue weighted by atomic mass is 10.1. The number of hydrogen-bond donors (Lipinski definition) is 0. The Labute approximate surface area is 372 Å². The topological polar surface area (TPSA) is 128 Å². The third kappa shape index (κ3) is 45.2. The molecule has 352 valence electrons. The van der Waals surface area contributed by atoms with Crippen LogP contribution in [0.25, 0.3) is 0 Å². The van der Waals surface area contributed by atoms with E-state index in [1.165, 1.54) is 83.5 Å². The highest BCUT2D eigenvalue weighted by Crippen LogP contribution is 2.38. The van der Waals surface area contributed by atoms with E-state index in [2.05, 4.69) is 38.2 Å². The van der Waals surface area contributed by atoms with Gasteiger partial charge in [-0.15, -0.1) is 0 Å². The lowest BCUT2D eigenvalue weighted by Gasteiger charge is -2.28. The van der Waals surface area contributed by atoms with Crippen LogP contribution in [0.5, 0.6) is 0 Å². The fourth-order valence-corrected chi connectivity index (χ4v) is 6.91. The molecule has 2 atom stereocenters. The molecule has 0 radical (unpaired) electrons. The Kier molecular flexibility index (Phi) is 39.6. The molecule has 0 saturated carbocycles. The van der Waals surface area contributed by atoms with Crippen molar-refractivity contribution in [3.8, 4) is 0 Å². The lowest BCUT2D eigenvalue weighted by Crippen LogP contribution is -2.37. The number of allylic oxidation sites excluding steroid dienone is 10. The highest BCUT2D eigenvalue weighted by atomic mass is 31.2. The second kappa shape index (κ2) is 41.4. The fraction of sp³-hybridized carbons (Fsp3) is 0.740. The summed E-state index contributed by atoms with van der Waals surface area (Å²) in [6.45, 7) is 3.98. The third-order valence-corrected chi connectivity index (χ3v) is 11.0. The van der Waals surface area contributed by atoms with Gasteiger partial charge in [-0.25, -0.2) is 0 Å². The maximum atomic E-state index is 12.7. The molecule has 11 heteroatoms. The number of phosphoric ester groups is 1. The number of quaternary nitrogens is 1. The Morgan fingerprint density at radius 3 is 1.67 bits per heavy atom. The number of ketones is 1. The van der Waals surface area contributed by atoms with Crippen molar-refractivity contribution in [2.45, 2.75) is 193 Å². The van der Waals surface area contributed by atoms with Crippen molar-refractivity contribution in [1.29, 1.82) is 0 Å². The van der Waals surface area contributed by atoms with Crippen molar-refractivity contribution in [2.75, 3.05) is 47.5 Å². The molecule has 0 aliphatic carbocycles. The number of phosphoric acid groups is 1. The van der Waals surface area contributed by atoms with Crippen LogP contribution in [0.1, 0.15) is 187 Å². The second-order valence-electron chi connectivity index (χ2n) is 17.2. The average Bonchev–Trinajstić information content (AvgIpc) is 3.21. The van der Waals surface area contributed by atoms with Crippen LogP contribution in [0.2, 0.25) is 0 Å². The van der Waals surface area contributed by atoms with Crippen LogP contribution in [-0.2, 0) is 37.5 Å². The molecule has 0 saturated heterocycles. The highest BCUT2D eigenvalue weighted by Gasteiger charge is 2.21. The van der Waals surface area contributed by atoms with E-state index in [4.69, 9.17) is 18.5 Å². The summed E-state index contributed by atoms with van der Waals surface area (Å²) in [4.78, 5) is 49.3.